The molecule has 82 valence electrons. The highest BCUT2D eigenvalue weighted by atomic mass is 16.3. The van der Waals surface area contributed by atoms with Crippen LogP contribution in [0.4, 0.5) is 0 Å². The maximum Gasteiger partial charge on any atom is 0.115 e. The van der Waals surface area contributed by atoms with Gasteiger partial charge >= 0.3 is 0 Å². The van der Waals surface area contributed by atoms with Crippen molar-refractivity contribution < 1.29 is 5.11 Å². The summed E-state index contributed by atoms with van der Waals surface area (Å²) in [4.78, 5) is 8.63. The summed E-state index contributed by atoms with van der Waals surface area (Å²) in [6.07, 6.45) is 3.53. The first-order valence-corrected chi connectivity index (χ1v) is 5.34. The van der Waals surface area contributed by atoms with Gasteiger partial charge < -0.3 is 5.11 Å². The predicted octanol–water partition coefficient (Wildman–Crippen LogP) is 3.00. The van der Waals surface area contributed by atoms with Gasteiger partial charge in [0.1, 0.15) is 5.75 Å². The third kappa shape index (κ3) is 1.72. The van der Waals surface area contributed by atoms with Gasteiger partial charge in [0.2, 0.25) is 0 Å². The minimum absolute atomic E-state index is 0.264. The molecule has 17 heavy (non-hydrogen) atoms. The van der Waals surface area contributed by atoms with E-state index < -0.39 is 0 Å². The van der Waals surface area contributed by atoms with Crippen molar-refractivity contribution in [1.29, 1.82) is 0 Å². The van der Waals surface area contributed by atoms with Gasteiger partial charge in [-0.2, -0.15) is 0 Å². The van der Waals surface area contributed by atoms with E-state index in [-0.39, 0.29) is 5.75 Å². The van der Waals surface area contributed by atoms with Crippen LogP contribution in [0.15, 0.2) is 54.9 Å². The summed E-state index contributed by atoms with van der Waals surface area (Å²) < 4.78 is 0. The Hall–Kier alpha value is -2.42. The number of phenolic OH excluding ortho intramolecular Hbond substituents is 1. The quantitative estimate of drug-likeness (QED) is 0.688. The monoisotopic (exact) mass is 222 g/mol. The lowest BCUT2D eigenvalue weighted by atomic mass is 10.0. The van der Waals surface area contributed by atoms with Gasteiger partial charge in [0.05, 0.1) is 11.0 Å². The van der Waals surface area contributed by atoms with Gasteiger partial charge in [-0.1, -0.05) is 12.1 Å². The molecule has 0 unspecified atom stereocenters. The molecule has 1 N–H and O–H groups in total. The molecule has 0 radical (unpaired) electrons. The summed E-state index contributed by atoms with van der Waals surface area (Å²) in [7, 11) is 0. The van der Waals surface area contributed by atoms with Gasteiger partial charge in [0.25, 0.3) is 0 Å². The molecule has 0 saturated heterocycles. The summed E-state index contributed by atoms with van der Waals surface area (Å²) in [6.45, 7) is 0. The molecule has 3 aromatic rings. The SMILES string of the molecule is Oc1ccc(-c2ccnc3cccnc23)cc1. The number of nitrogens with zero attached hydrogens (tertiary/aromatic N) is 2. The number of rotatable bonds is 1. The molecule has 1 aromatic carbocycles. The van der Waals surface area contributed by atoms with Crippen molar-refractivity contribution in [1.82, 2.24) is 9.97 Å². The molecule has 0 atom stereocenters. The Morgan fingerprint density at radius 1 is 0.824 bits per heavy atom. The molecule has 0 spiro atoms. The second-order valence-corrected chi connectivity index (χ2v) is 3.78. The molecule has 3 nitrogen and oxygen atoms in total. The minimum atomic E-state index is 0.264. The summed E-state index contributed by atoms with van der Waals surface area (Å²) in [5, 5.41) is 9.29. The van der Waals surface area contributed by atoms with Crippen LogP contribution in [0.2, 0.25) is 0 Å². The molecule has 0 amide bonds. The van der Waals surface area contributed by atoms with Crippen LogP contribution in [-0.2, 0) is 0 Å². The normalized spacial score (nSPS) is 10.6. The van der Waals surface area contributed by atoms with E-state index in [2.05, 4.69) is 9.97 Å². The first-order chi connectivity index (χ1) is 8.34. The smallest absolute Gasteiger partial charge is 0.115 e. The largest absolute Gasteiger partial charge is 0.508 e. The minimum Gasteiger partial charge on any atom is -0.508 e. The van der Waals surface area contributed by atoms with Gasteiger partial charge in [0.15, 0.2) is 0 Å². The average molecular weight is 222 g/mol. The van der Waals surface area contributed by atoms with Crippen molar-refractivity contribution in [3.8, 4) is 16.9 Å². The van der Waals surface area contributed by atoms with E-state index in [4.69, 9.17) is 0 Å². The third-order valence-electron chi connectivity index (χ3n) is 2.67. The van der Waals surface area contributed by atoms with Gasteiger partial charge in [-0.15, -0.1) is 0 Å². The number of aromatic hydroxyl groups is 1. The highest BCUT2D eigenvalue weighted by Crippen LogP contribution is 2.26. The maximum atomic E-state index is 9.29. The highest BCUT2D eigenvalue weighted by molar-refractivity contribution is 5.90. The number of pyridine rings is 2. The Kier molecular flexibility index (Phi) is 2.22. The fraction of sp³-hybridized carbons (Fsp3) is 0. The number of hydrogen-bond acceptors (Lipinski definition) is 3. The van der Waals surface area contributed by atoms with Crippen LogP contribution in [-0.4, -0.2) is 15.1 Å². The van der Waals surface area contributed by atoms with Crippen LogP contribution in [0.3, 0.4) is 0 Å². The lowest BCUT2D eigenvalue weighted by Gasteiger charge is -2.05. The van der Waals surface area contributed by atoms with Crippen LogP contribution >= 0.6 is 0 Å². The van der Waals surface area contributed by atoms with Gasteiger partial charge in [-0.05, 0) is 35.9 Å². The molecule has 0 aliphatic carbocycles. The van der Waals surface area contributed by atoms with Crippen LogP contribution in [0, 0.1) is 0 Å². The molecule has 2 heterocycles. The second kappa shape index (κ2) is 3.87. The Balaban J connectivity index is 2.27. The zero-order chi connectivity index (χ0) is 11.7. The fourth-order valence-corrected chi connectivity index (χ4v) is 1.85. The topological polar surface area (TPSA) is 46.0 Å². The number of phenols is 1. The molecular formula is C14H10N2O. The Morgan fingerprint density at radius 3 is 2.47 bits per heavy atom. The van der Waals surface area contributed by atoms with E-state index in [1.165, 1.54) is 0 Å². The van der Waals surface area contributed by atoms with E-state index in [1.807, 2.05) is 30.3 Å². The van der Waals surface area contributed by atoms with Crippen molar-refractivity contribution in [2.24, 2.45) is 0 Å². The highest BCUT2D eigenvalue weighted by Gasteiger charge is 2.04. The van der Waals surface area contributed by atoms with Gasteiger partial charge in [0, 0.05) is 18.0 Å². The van der Waals surface area contributed by atoms with E-state index in [0.29, 0.717) is 0 Å². The summed E-state index contributed by atoms with van der Waals surface area (Å²) in [5.74, 6) is 0.264. The summed E-state index contributed by atoms with van der Waals surface area (Å²) >= 11 is 0. The lowest BCUT2D eigenvalue weighted by molar-refractivity contribution is 0.475. The molecule has 3 heteroatoms. The molecule has 0 fully saturated rings. The number of fused-ring (bicyclic) bond motifs is 1. The third-order valence-corrected chi connectivity index (χ3v) is 2.67. The van der Waals surface area contributed by atoms with E-state index >= 15 is 0 Å². The van der Waals surface area contributed by atoms with Crippen molar-refractivity contribution >= 4 is 11.0 Å². The molecule has 0 bridgehead atoms. The Bertz CT molecular complexity index is 657. The first kappa shape index (κ1) is 9.78. The molecule has 3 rings (SSSR count). The van der Waals surface area contributed by atoms with E-state index in [1.54, 1.807) is 24.5 Å². The summed E-state index contributed by atoms with van der Waals surface area (Å²) in [5.41, 5.74) is 3.79. The number of hydrogen-bond donors (Lipinski definition) is 1. The lowest BCUT2D eigenvalue weighted by Crippen LogP contribution is -1.86. The van der Waals surface area contributed by atoms with Crippen molar-refractivity contribution in [2.75, 3.05) is 0 Å². The molecule has 0 saturated carbocycles. The second-order valence-electron chi connectivity index (χ2n) is 3.78. The standard InChI is InChI=1S/C14H10N2O/c17-11-5-3-10(4-6-11)12-7-9-15-13-2-1-8-16-14(12)13/h1-9,17H. The van der Waals surface area contributed by atoms with Crippen molar-refractivity contribution in [3.05, 3.63) is 54.9 Å². The zero-order valence-corrected chi connectivity index (χ0v) is 9.04. The van der Waals surface area contributed by atoms with Gasteiger partial charge in [-0.25, -0.2) is 0 Å². The first-order valence-electron chi connectivity index (χ1n) is 5.34. The number of aromatic nitrogens is 2. The van der Waals surface area contributed by atoms with Crippen LogP contribution in [0.5, 0.6) is 5.75 Å². The van der Waals surface area contributed by atoms with E-state index in [9.17, 15) is 5.11 Å². The number of benzene rings is 1. The molecule has 0 aliphatic rings. The molecular weight excluding hydrogens is 212 g/mol. The Labute approximate surface area is 98.4 Å². The zero-order valence-electron chi connectivity index (χ0n) is 9.04. The van der Waals surface area contributed by atoms with E-state index in [0.717, 1.165) is 22.2 Å². The van der Waals surface area contributed by atoms with Gasteiger partial charge in [-0.3, -0.25) is 9.97 Å². The fourth-order valence-electron chi connectivity index (χ4n) is 1.85. The maximum absolute atomic E-state index is 9.29. The van der Waals surface area contributed by atoms with Crippen molar-refractivity contribution in [2.45, 2.75) is 0 Å². The molecule has 0 aliphatic heterocycles. The average Bonchev–Trinajstić information content (AvgIpc) is 2.39. The van der Waals surface area contributed by atoms with Crippen LogP contribution < -0.4 is 0 Å². The predicted molar refractivity (Wildman–Crippen MR) is 66.6 cm³/mol. The van der Waals surface area contributed by atoms with Crippen LogP contribution in [0.1, 0.15) is 0 Å². The molecule has 2 aromatic heterocycles. The Morgan fingerprint density at radius 2 is 1.65 bits per heavy atom. The van der Waals surface area contributed by atoms with Crippen molar-refractivity contribution in [3.63, 3.8) is 0 Å². The summed E-state index contributed by atoms with van der Waals surface area (Å²) in [6, 6.07) is 12.8. The van der Waals surface area contributed by atoms with Crippen LogP contribution in [0.25, 0.3) is 22.2 Å².